The van der Waals surface area contributed by atoms with E-state index in [4.69, 9.17) is 15.7 Å². The Bertz CT molecular complexity index is 1270. The standard InChI is InChI=1S/C28H33N7O/c29-26-24(10-23(33-34-26)21-3-1-2-4-25(21)36)35-15-17-9-22-19(16-35)12-28(22,11-17)27-31-13-20(14-32-27)18-5-7-30-8-6-18/h1-4,10,13-14,17-19,22,30,36H,5-9,11-12,15-16H2,(H2,29,34). The maximum absolute atomic E-state index is 10.3. The molecule has 3 aromatic rings. The fourth-order valence-electron chi connectivity index (χ4n) is 7.64. The monoisotopic (exact) mass is 483 g/mol. The third kappa shape index (κ3) is 3.45. The van der Waals surface area contributed by atoms with Crippen LogP contribution in [0.1, 0.15) is 49.4 Å². The molecule has 2 aliphatic carbocycles. The maximum Gasteiger partial charge on any atom is 0.169 e. The molecule has 2 bridgehead atoms. The highest BCUT2D eigenvalue weighted by Gasteiger charge is 2.63. The lowest BCUT2D eigenvalue weighted by Crippen LogP contribution is -2.53. The van der Waals surface area contributed by atoms with Gasteiger partial charge in [0.2, 0.25) is 0 Å². The number of nitrogen functional groups attached to an aromatic ring is 1. The van der Waals surface area contributed by atoms with E-state index in [-0.39, 0.29) is 11.2 Å². The first-order valence-electron chi connectivity index (χ1n) is 13.3. The number of piperidine rings is 1. The van der Waals surface area contributed by atoms with Gasteiger partial charge in [-0.05, 0) is 92.6 Å². The summed E-state index contributed by atoms with van der Waals surface area (Å²) in [7, 11) is 0. The van der Waals surface area contributed by atoms with Gasteiger partial charge in [-0.1, -0.05) is 12.1 Å². The zero-order chi connectivity index (χ0) is 24.3. The van der Waals surface area contributed by atoms with Gasteiger partial charge < -0.3 is 21.1 Å². The maximum atomic E-state index is 10.3. The van der Waals surface area contributed by atoms with Crippen LogP contribution in [-0.4, -0.2) is 51.5 Å². The molecule has 4 unspecified atom stereocenters. The van der Waals surface area contributed by atoms with E-state index in [1.54, 1.807) is 6.07 Å². The average Bonchev–Trinajstić information content (AvgIpc) is 3.09. The Morgan fingerprint density at radius 3 is 2.64 bits per heavy atom. The van der Waals surface area contributed by atoms with Gasteiger partial charge in [-0.2, -0.15) is 0 Å². The van der Waals surface area contributed by atoms with Crippen molar-refractivity contribution in [2.24, 2.45) is 17.8 Å². The predicted octanol–water partition coefficient (Wildman–Crippen LogP) is 3.49. The molecule has 2 saturated carbocycles. The van der Waals surface area contributed by atoms with Crippen LogP contribution in [0.2, 0.25) is 0 Å². The number of anilines is 2. The molecule has 4 aliphatic rings. The lowest BCUT2D eigenvalue weighted by Gasteiger charge is -2.52. The summed E-state index contributed by atoms with van der Waals surface area (Å²) in [6, 6.07) is 9.23. The highest BCUT2D eigenvalue weighted by atomic mass is 16.3. The summed E-state index contributed by atoms with van der Waals surface area (Å²) in [6.07, 6.45) is 10.1. The van der Waals surface area contributed by atoms with E-state index < -0.39 is 0 Å². The molecule has 7 rings (SSSR count). The van der Waals surface area contributed by atoms with Crippen LogP contribution in [0.3, 0.4) is 0 Å². The number of benzene rings is 1. The molecule has 0 spiro atoms. The van der Waals surface area contributed by atoms with Crippen LogP contribution in [0.15, 0.2) is 42.7 Å². The van der Waals surface area contributed by atoms with E-state index in [2.05, 4.69) is 32.8 Å². The van der Waals surface area contributed by atoms with E-state index >= 15 is 0 Å². The Balaban J connectivity index is 1.12. The van der Waals surface area contributed by atoms with Crippen LogP contribution in [0.25, 0.3) is 11.3 Å². The number of rotatable bonds is 4. The molecule has 1 aromatic carbocycles. The Morgan fingerprint density at radius 1 is 1.03 bits per heavy atom. The summed E-state index contributed by atoms with van der Waals surface area (Å²) in [5.74, 6) is 4.13. The molecule has 2 saturated heterocycles. The van der Waals surface area contributed by atoms with Crippen molar-refractivity contribution >= 4 is 11.5 Å². The quantitative estimate of drug-likeness (QED) is 0.517. The van der Waals surface area contributed by atoms with Crippen molar-refractivity contribution in [1.82, 2.24) is 25.5 Å². The normalized spacial score (nSPS) is 29.6. The lowest BCUT2D eigenvalue weighted by atomic mass is 9.54. The molecule has 8 heteroatoms. The molecular formula is C28H33N7O. The SMILES string of the molecule is Nc1nnc(-c2ccccc2O)cc1N1CC2CC3C(C1)CC3(c1ncc(C3CCNCC3)cn1)C2. The van der Waals surface area contributed by atoms with Gasteiger partial charge in [-0.25, -0.2) is 9.97 Å². The number of phenolic OH excluding ortho intramolecular Hbond substituents is 1. The minimum absolute atomic E-state index is 0.150. The number of fused-ring (bicyclic) bond motifs is 1. The van der Waals surface area contributed by atoms with Gasteiger partial charge in [0, 0.05) is 36.5 Å². The van der Waals surface area contributed by atoms with Gasteiger partial charge in [-0.15, -0.1) is 10.2 Å². The zero-order valence-electron chi connectivity index (χ0n) is 20.5. The van der Waals surface area contributed by atoms with Gasteiger partial charge >= 0.3 is 0 Å². The van der Waals surface area contributed by atoms with E-state index in [9.17, 15) is 5.11 Å². The van der Waals surface area contributed by atoms with Crippen molar-refractivity contribution in [2.75, 3.05) is 36.8 Å². The van der Waals surface area contributed by atoms with E-state index in [1.165, 1.54) is 24.8 Å². The predicted molar refractivity (Wildman–Crippen MR) is 139 cm³/mol. The first-order chi connectivity index (χ1) is 17.6. The molecule has 4 heterocycles. The second-order valence-corrected chi connectivity index (χ2v) is 11.3. The van der Waals surface area contributed by atoms with Crippen molar-refractivity contribution in [3.63, 3.8) is 0 Å². The Morgan fingerprint density at radius 2 is 1.83 bits per heavy atom. The molecule has 8 nitrogen and oxygen atoms in total. The topological polar surface area (TPSA) is 113 Å². The number of nitrogens with one attached hydrogen (secondary N) is 1. The highest BCUT2D eigenvalue weighted by molar-refractivity contribution is 5.74. The average molecular weight is 484 g/mol. The Kier molecular flexibility index (Phi) is 5.13. The molecule has 0 amide bonds. The molecule has 4 fully saturated rings. The van der Waals surface area contributed by atoms with E-state index in [0.717, 1.165) is 50.5 Å². The van der Waals surface area contributed by atoms with Crippen LogP contribution in [0.4, 0.5) is 11.5 Å². The molecular weight excluding hydrogens is 450 g/mol. The number of aromatic nitrogens is 4. The number of hydrogen-bond acceptors (Lipinski definition) is 8. The van der Waals surface area contributed by atoms with Crippen molar-refractivity contribution in [2.45, 2.75) is 43.4 Å². The molecule has 2 aromatic heterocycles. The molecule has 4 atom stereocenters. The van der Waals surface area contributed by atoms with Crippen molar-refractivity contribution in [3.05, 3.63) is 54.1 Å². The summed E-state index contributed by atoms with van der Waals surface area (Å²) < 4.78 is 0. The largest absolute Gasteiger partial charge is 0.507 e. The van der Waals surface area contributed by atoms with Crippen molar-refractivity contribution in [1.29, 1.82) is 0 Å². The summed E-state index contributed by atoms with van der Waals surface area (Å²) in [6.45, 7) is 4.10. The summed E-state index contributed by atoms with van der Waals surface area (Å²) in [5.41, 5.74) is 10.0. The number of hydrogen-bond donors (Lipinski definition) is 3. The number of phenols is 1. The number of aromatic hydroxyl groups is 1. The molecule has 2 aliphatic heterocycles. The van der Waals surface area contributed by atoms with E-state index in [0.29, 0.717) is 40.7 Å². The minimum Gasteiger partial charge on any atom is -0.507 e. The van der Waals surface area contributed by atoms with Crippen molar-refractivity contribution < 1.29 is 5.11 Å². The summed E-state index contributed by atoms with van der Waals surface area (Å²) >= 11 is 0. The summed E-state index contributed by atoms with van der Waals surface area (Å²) in [5, 5.41) is 22.3. The Hall–Kier alpha value is -3.26. The van der Waals surface area contributed by atoms with Gasteiger partial charge in [0.25, 0.3) is 0 Å². The molecule has 4 N–H and O–H groups in total. The fraction of sp³-hybridized carbons (Fsp3) is 0.500. The minimum atomic E-state index is 0.150. The van der Waals surface area contributed by atoms with Gasteiger partial charge in [-0.3, -0.25) is 0 Å². The molecule has 0 radical (unpaired) electrons. The van der Waals surface area contributed by atoms with Gasteiger partial charge in [0.05, 0.1) is 11.4 Å². The second-order valence-electron chi connectivity index (χ2n) is 11.3. The molecule has 36 heavy (non-hydrogen) atoms. The fourth-order valence-corrected chi connectivity index (χ4v) is 7.64. The first-order valence-corrected chi connectivity index (χ1v) is 13.3. The van der Waals surface area contributed by atoms with Crippen LogP contribution >= 0.6 is 0 Å². The third-order valence-electron chi connectivity index (χ3n) is 9.33. The number of nitrogens with two attached hydrogens (primary N) is 1. The molecule has 186 valence electrons. The highest BCUT2D eigenvalue weighted by Crippen LogP contribution is 2.64. The van der Waals surface area contributed by atoms with Crippen LogP contribution in [0.5, 0.6) is 5.75 Å². The van der Waals surface area contributed by atoms with Gasteiger partial charge in [0.15, 0.2) is 5.82 Å². The Labute approximate surface area is 211 Å². The third-order valence-corrected chi connectivity index (χ3v) is 9.33. The smallest absolute Gasteiger partial charge is 0.169 e. The van der Waals surface area contributed by atoms with Crippen LogP contribution < -0.4 is 16.0 Å². The zero-order valence-corrected chi connectivity index (χ0v) is 20.5. The van der Waals surface area contributed by atoms with E-state index in [1.807, 2.05) is 24.3 Å². The van der Waals surface area contributed by atoms with Crippen molar-refractivity contribution in [3.8, 4) is 17.0 Å². The lowest BCUT2D eigenvalue weighted by molar-refractivity contribution is 0.0558. The van der Waals surface area contributed by atoms with Crippen LogP contribution in [-0.2, 0) is 5.41 Å². The number of para-hydroxylation sites is 1. The second kappa shape index (κ2) is 8.40. The van der Waals surface area contributed by atoms with Crippen LogP contribution in [0, 0.1) is 17.8 Å². The van der Waals surface area contributed by atoms with Gasteiger partial charge in [0.1, 0.15) is 11.6 Å². The number of nitrogens with zero attached hydrogens (tertiary/aromatic N) is 5. The first kappa shape index (κ1) is 22.0. The summed E-state index contributed by atoms with van der Waals surface area (Å²) in [4.78, 5) is 12.4.